The van der Waals surface area contributed by atoms with Crippen LogP contribution in [0.5, 0.6) is 0 Å². The highest BCUT2D eigenvalue weighted by molar-refractivity contribution is 7.11. The van der Waals surface area contributed by atoms with Crippen LogP contribution in [0.2, 0.25) is 0 Å². The Morgan fingerprint density at radius 1 is 1.40 bits per heavy atom. The molecule has 1 aromatic heterocycles. The van der Waals surface area contributed by atoms with Crippen LogP contribution >= 0.6 is 11.3 Å². The molecule has 1 heterocycles. The maximum atomic E-state index is 12.1. The molecular weight excluding hydrogens is 270 g/mol. The van der Waals surface area contributed by atoms with E-state index in [0.717, 1.165) is 32.1 Å². The Labute approximate surface area is 125 Å². The van der Waals surface area contributed by atoms with Gasteiger partial charge in [0.05, 0.1) is 12.0 Å². The summed E-state index contributed by atoms with van der Waals surface area (Å²) in [5.74, 6) is -0.0184. The first kappa shape index (κ1) is 15.5. The third-order valence-electron chi connectivity index (χ3n) is 3.98. The molecule has 1 atom stereocenters. The number of carbonyl (C=O) groups excluding carboxylic acids is 1. The fourth-order valence-electron chi connectivity index (χ4n) is 2.96. The summed E-state index contributed by atoms with van der Waals surface area (Å²) >= 11 is 1.78. The van der Waals surface area contributed by atoms with Crippen molar-refractivity contribution >= 4 is 17.2 Å². The van der Waals surface area contributed by atoms with Gasteiger partial charge in [-0.1, -0.05) is 19.3 Å². The van der Waals surface area contributed by atoms with Crippen LogP contribution in [0, 0.1) is 6.92 Å². The fraction of sp³-hybridized carbons (Fsp3) is 0.688. The molecule has 0 spiro atoms. The standard InChI is InChI=1S/C16H25NO2S/c1-12(10-14-7-6-13(2)20-14)17-15(18)11-16(19)8-4-3-5-9-16/h6-7,12,19H,3-5,8-11H2,1-2H3,(H,17,18). The average Bonchev–Trinajstić information content (AvgIpc) is 2.74. The zero-order chi connectivity index (χ0) is 14.6. The number of rotatable bonds is 5. The second-order valence-electron chi connectivity index (χ2n) is 6.15. The van der Waals surface area contributed by atoms with E-state index in [4.69, 9.17) is 0 Å². The number of carbonyl (C=O) groups is 1. The van der Waals surface area contributed by atoms with E-state index in [1.54, 1.807) is 11.3 Å². The molecule has 0 radical (unpaired) electrons. The Kier molecular flexibility index (Phi) is 5.22. The van der Waals surface area contributed by atoms with Crippen LogP contribution in [-0.4, -0.2) is 22.7 Å². The van der Waals surface area contributed by atoms with Crippen LogP contribution in [0.4, 0.5) is 0 Å². The van der Waals surface area contributed by atoms with E-state index in [2.05, 4.69) is 24.4 Å². The zero-order valence-corrected chi connectivity index (χ0v) is 13.3. The number of hydrogen-bond donors (Lipinski definition) is 2. The summed E-state index contributed by atoms with van der Waals surface area (Å²) in [5.41, 5.74) is -0.762. The first-order chi connectivity index (χ1) is 9.47. The molecule has 2 rings (SSSR count). The van der Waals surface area contributed by atoms with Gasteiger partial charge in [-0.15, -0.1) is 11.3 Å². The van der Waals surface area contributed by atoms with Crippen molar-refractivity contribution < 1.29 is 9.90 Å². The lowest BCUT2D eigenvalue weighted by molar-refractivity contribution is -0.128. The molecule has 0 bridgehead atoms. The number of aryl methyl sites for hydroxylation is 1. The van der Waals surface area contributed by atoms with Crippen LogP contribution in [-0.2, 0) is 11.2 Å². The van der Waals surface area contributed by atoms with E-state index < -0.39 is 5.60 Å². The molecule has 4 heteroatoms. The minimum absolute atomic E-state index is 0.0184. The van der Waals surface area contributed by atoms with Gasteiger partial charge in [-0.3, -0.25) is 4.79 Å². The van der Waals surface area contributed by atoms with Crippen molar-refractivity contribution in [3.05, 3.63) is 21.9 Å². The largest absolute Gasteiger partial charge is 0.389 e. The maximum Gasteiger partial charge on any atom is 0.223 e. The summed E-state index contributed by atoms with van der Waals surface area (Å²) in [6.07, 6.45) is 5.89. The normalized spacial score (nSPS) is 19.6. The summed E-state index contributed by atoms with van der Waals surface area (Å²) in [7, 11) is 0. The predicted octanol–water partition coefficient (Wildman–Crippen LogP) is 3.19. The van der Waals surface area contributed by atoms with Gasteiger partial charge in [0, 0.05) is 22.2 Å². The molecule has 1 aliphatic rings. The quantitative estimate of drug-likeness (QED) is 0.876. The Hall–Kier alpha value is -0.870. The number of amides is 1. The van der Waals surface area contributed by atoms with Gasteiger partial charge >= 0.3 is 0 Å². The molecule has 0 saturated heterocycles. The van der Waals surface area contributed by atoms with E-state index in [-0.39, 0.29) is 18.4 Å². The van der Waals surface area contributed by atoms with Gasteiger partial charge in [0.1, 0.15) is 0 Å². The lowest BCUT2D eigenvalue weighted by atomic mass is 9.82. The number of nitrogens with one attached hydrogen (secondary N) is 1. The fourth-order valence-corrected chi connectivity index (χ4v) is 3.98. The van der Waals surface area contributed by atoms with Crippen molar-refractivity contribution in [2.24, 2.45) is 0 Å². The predicted molar refractivity (Wildman–Crippen MR) is 83.0 cm³/mol. The number of thiophene rings is 1. The zero-order valence-electron chi connectivity index (χ0n) is 12.4. The minimum Gasteiger partial charge on any atom is -0.389 e. The Balaban J connectivity index is 1.78. The second-order valence-corrected chi connectivity index (χ2v) is 7.52. The molecule has 1 saturated carbocycles. The average molecular weight is 295 g/mol. The molecule has 2 N–H and O–H groups in total. The second kappa shape index (κ2) is 6.72. The van der Waals surface area contributed by atoms with Crippen LogP contribution in [0.15, 0.2) is 12.1 Å². The van der Waals surface area contributed by atoms with Gasteiger partial charge in [0.15, 0.2) is 0 Å². The van der Waals surface area contributed by atoms with Gasteiger partial charge in [0.2, 0.25) is 5.91 Å². The molecule has 20 heavy (non-hydrogen) atoms. The Morgan fingerprint density at radius 3 is 2.70 bits per heavy atom. The molecule has 1 amide bonds. The first-order valence-corrected chi connectivity index (χ1v) is 8.36. The van der Waals surface area contributed by atoms with Crippen LogP contribution < -0.4 is 5.32 Å². The van der Waals surface area contributed by atoms with Gasteiger partial charge in [-0.2, -0.15) is 0 Å². The van der Waals surface area contributed by atoms with Crippen molar-refractivity contribution in [1.29, 1.82) is 0 Å². The highest BCUT2D eigenvalue weighted by atomic mass is 32.1. The van der Waals surface area contributed by atoms with Gasteiger partial charge < -0.3 is 10.4 Å². The first-order valence-electron chi connectivity index (χ1n) is 7.54. The van der Waals surface area contributed by atoms with Crippen LogP contribution in [0.25, 0.3) is 0 Å². The summed E-state index contributed by atoms with van der Waals surface area (Å²) in [6.45, 7) is 4.12. The minimum atomic E-state index is -0.762. The summed E-state index contributed by atoms with van der Waals surface area (Å²) in [4.78, 5) is 14.7. The Bertz CT molecular complexity index is 449. The molecular formula is C16H25NO2S. The van der Waals surface area contributed by atoms with Gasteiger partial charge in [0.25, 0.3) is 0 Å². The van der Waals surface area contributed by atoms with Crippen LogP contribution in [0.3, 0.4) is 0 Å². The van der Waals surface area contributed by atoms with Crippen molar-refractivity contribution in [3.8, 4) is 0 Å². The van der Waals surface area contributed by atoms with E-state index in [1.807, 2.05) is 6.92 Å². The lowest BCUT2D eigenvalue weighted by Gasteiger charge is -2.31. The molecule has 112 valence electrons. The summed E-state index contributed by atoms with van der Waals surface area (Å²) < 4.78 is 0. The maximum absolute atomic E-state index is 12.1. The highest BCUT2D eigenvalue weighted by Gasteiger charge is 2.31. The van der Waals surface area contributed by atoms with E-state index in [1.165, 1.54) is 16.2 Å². The SMILES string of the molecule is Cc1ccc(CC(C)NC(=O)CC2(O)CCCCC2)s1. The van der Waals surface area contributed by atoms with E-state index in [0.29, 0.717) is 0 Å². The van der Waals surface area contributed by atoms with E-state index >= 15 is 0 Å². The van der Waals surface area contributed by atoms with Crippen molar-refractivity contribution in [2.45, 2.75) is 70.4 Å². The molecule has 1 aliphatic carbocycles. The lowest BCUT2D eigenvalue weighted by Crippen LogP contribution is -2.41. The van der Waals surface area contributed by atoms with Crippen molar-refractivity contribution in [2.75, 3.05) is 0 Å². The highest BCUT2D eigenvalue weighted by Crippen LogP contribution is 2.30. The van der Waals surface area contributed by atoms with Crippen LogP contribution in [0.1, 0.15) is 55.2 Å². The smallest absolute Gasteiger partial charge is 0.223 e. The summed E-state index contributed by atoms with van der Waals surface area (Å²) in [6, 6.07) is 4.35. The molecule has 1 aromatic rings. The van der Waals surface area contributed by atoms with E-state index in [9.17, 15) is 9.90 Å². The van der Waals surface area contributed by atoms with Crippen molar-refractivity contribution in [3.63, 3.8) is 0 Å². The summed E-state index contributed by atoms with van der Waals surface area (Å²) in [5, 5.41) is 13.4. The van der Waals surface area contributed by atoms with Gasteiger partial charge in [-0.05, 0) is 38.8 Å². The molecule has 0 aliphatic heterocycles. The topological polar surface area (TPSA) is 49.3 Å². The number of aliphatic hydroxyl groups is 1. The third kappa shape index (κ3) is 4.60. The monoisotopic (exact) mass is 295 g/mol. The van der Waals surface area contributed by atoms with Gasteiger partial charge in [-0.25, -0.2) is 0 Å². The molecule has 1 unspecified atom stereocenters. The third-order valence-corrected chi connectivity index (χ3v) is 5.01. The Morgan fingerprint density at radius 2 is 2.10 bits per heavy atom. The molecule has 0 aromatic carbocycles. The molecule has 1 fully saturated rings. The number of hydrogen-bond acceptors (Lipinski definition) is 3. The van der Waals surface area contributed by atoms with Crippen molar-refractivity contribution in [1.82, 2.24) is 5.32 Å². The molecule has 3 nitrogen and oxygen atoms in total.